The van der Waals surface area contributed by atoms with Gasteiger partial charge in [0.15, 0.2) is 0 Å². The number of nitrogens with zero attached hydrogens (tertiary/aromatic N) is 1. The molecule has 0 unspecified atom stereocenters. The lowest BCUT2D eigenvalue weighted by molar-refractivity contribution is 0.168. The van der Waals surface area contributed by atoms with E-state index >= 15 is 0 Å². The van der Waals surface area contributed by atoms with Crippen LogP contribution in [0.4, 0.5) is 4.79 Å². The molecule has 0 saturated carbocycles. The van der Waals surface area contributed by atoms with Crippen molar-refractivity contribution in [3.8, 4) is 0 Å². The van der Waals surface area contributed by atoms with Gasteiger partial charge in [-0.05, 0) is 40.2 Å². The number of aliphatic hydroxyl groups excluding tert-OH is 2. The first-order valence-electron chi connectivity index (χ1n) is 6.92. The maximum absolute atomic E-state index is 11.5. The fourth-order valence-electron chi connectivity index (χ4n) is 1.97. The molecule has 4 N–H and O–H groups in total. The summed E-state index contributed by atoms with van der Waals surface area (Å²) in [6, 6.07) is -0.0796. The lowest BCUT2D eigenvalue weighted by Gasteiger charge is -2.25. The average molecular weight is 273 g/mol. The number of hydrogen-bond acceptors (Lipinski definition) is 4. The molecule has 0 radical (unpaired) electrons. The maximum atomic E-state index is 11.5. The Morgan fingerprint density at radius 3 is 2.26 bits per heavy atom. The van der Waals surface area contributed by atoms with Crippen molar-refractivity contribution in [1.82, 2.24) is 15.5 Å². The van der Waals surface area contributed by atoms with Crippen molar-refractivity contribution in [3.05, 3.63) is 0 Å². The number of aliphatic hydroxyl groups is 2. The lowest BCUT2D eigenvalue weighted by atomic mass is 10.1. The Bertz CT molecular complexity index is 285. The summed E-state index contributed by atoms with van der Waals surface area (Å²) in [6.07, 6.45) is 1.22. The highest BCUT2D eigenvalue weighted by Gasteiger charge is 2.26. The molecule has 6 nitrogen and oxygen atoms in total. The Balaban J connectivity index is 0.000000250. The molecule has 2 rings (SSSR count). The number of amides is 2. The maximum Gasteiger partial charge on any atom is 0.317 e. The van der Waals surface area contributed by atoms with Crippen molar-refractivity contribution >= 4 is 6.03 Å². The number of hydrogen-bond donors (Lipinski definition) is 4. The number of carbonyl (C=O) groups excluding carboxylic acids is 1. The highest BCUT2D eigenvalue weighted by Crippen LogP contribution is 2.10. The summed E-state index contributed by atoms with van der Waals surface area (Å²) in [5, 5.41) is 23.8. The number of rotatable bonds is 0. The summed E-state index contributed by atoms with van der Waals surface area (Å²) in [5.41, 5.74) is -0.204. The summed E-state index contributed by atoms with van der Waals surface area (Å²) < 4.78 is 0. The predicted molar refractivity (Wildman–Crippen MR) is 74.0 cm³/mol. The second-order valence-electron chi connectivity index (χ2n) is 6.22. The minimum Gasteiger partial charge on any atom is -0.392 e. The van der Waals surface area contributed by atoms with Gasteiger partial charge in [0.05, 0.1) is 12.2 Å². The zero-order chi connectivity index (χ0) is 14.5. The van der Waals surface area contributed by atoms with Gasteiger partial charge < -0.3 is 25.7 Å². The molecule has 0 spiro atoms. The van der Waals surface area contributed by atoms with Gasteiger partial charge in [-0.3, -0.25) is 0 Å². The Morgan fingerprint density at radius 2 is 1.95 bits per heavy atom. The van der Waals surface area contributed by atoms with Crippen molar-refractivity contribution < 1.29 is 15.0 Å². The van der Waals surface area contributed by atoms with E-state index in [2.05, 4.69) is 10.6 Å². The predicted octanol–water partition coefficient (Wildman–Crippen LogP) is -0.0983. The number of carbonyl (C=O) groups is 1. The van der Waals surface area contributed by atoms with E-state index in [0.717, 1.165) is 19.5 Å². The van der Waals surface area contributed by atoms with E-state index in [1.54, 1.807) is 4.90 Å². The fraction of sp³-hybridized carbons (Fsp3) is 0.923. The van der Waals surface area contributed by atoms with Crippen molar-refractivity contribution in [1.29, 1.82) is 0 Å². The van der Waals surface area contributed by atoms with Crippen molar-refractivity contribution in [2.24, 2.45) is 0 Å². The monoisotopic (exact) mass is 273 g/mol. The topological polar surface area (TPSA) is 84.8 Å². The molecule has 19 heavy (non-hydrogen) atoms. The summed E-state index contributed by atoms with van der Waals surface area (Å²) in [6.45, 7) is 8.72. The van der Waals surface area contributed by atoms with Gasteiger partial charge in [-0.25, -0.2) is 4.79 Å². The fourth-order valence-corrected chi connectivity index (χ4v) is 1.97. The van der Waals surface area contributed by atoms with Crippen LogP contribution in [0.2, 0.25) is 0 Å². The van der Waals surface area contributed by atoms with Crippen LogP contribution in [0.3, 0.4) is 0 Å². The Morgan fingerprint density at radius 1 is 1.26 bits per heavy atom. The standard InChI is InChI=1S/C9H18N2O2.C4H9NO/c1-9(2,3)10-8(13)11-5-4-7(12)6-11;6-4-1-2-5-3-4/h7,12H,4-6H2,1-3H3,(H,10,13);4-6H,1-3H2/t7-;4-/m00/s1. The van der Waals surface area contributed by atoms with Gasteiger partial charge in [0.25, 0.3) is 0 Å². The van der Waals surface area contributed by atoms with Crippen molar-refractivity contribution in [2.45, 2.75) is 51.4 Å². The molecular formula is C13H27N3O3. The van der Waals surface area contributed by atoms with Crippen LogP contribution in [0.5, 0.6) is 0 Å². The smallest absolute Gasteiger partial charge is 0.317 e. The highest BCUT2D eigenvalue weighted by molar-refractivity contribution is 5.75. The van der Waals surface area contributed by atoms with Crippen molar-refractivity contribution in [2.75, 3.05) is 26.2 Å². The van der Waals surface area contributed by atoms with Crippen LogP contribution in [-0.2, 0) is 0 Å². The molecule has 0 aromatic heterocycles. The molecule has 2 atom stereocenters. The van der Waals surface area contributed by atoms with Gasteiger partial charge in [0, 0.05) is 25.2 Å². The molecule has 6 heteroatoms. The van der Waals surface area contributed by atoms with Crippen LogP contribution in [-0.4, -0.2) is 65.1 Å². The first-order valence-corrected chi connectivity index (χ1v) is 6.92. The normalized spacial score (nSPS) is 26.9. The van der Waals surface area contributed by atoms with Crippen LogP contribution in [0.25, 0.3) is 0 Å². The zero-order valence-electron chi connectivity index (χ0n) is 12.1. The molecule has 2 amide bonds. The van der Waals surface area contributed by atoms with Gasteiger partial charge in [-0.1, -0.05) is 0 Å². The summed E-state index contributed by atoms with van der Waals surface area (Å²) in [7, 11) is 0. The van der Waals surface area contributed by atoms with E-state index in [1.807, 2.05) is 20.8 Å². The minimum atomic E-state index is -0.342. The lowest BCUT2D eigenvalue weighted by Crippen LogP contribution is -2.47. The van der Waals surface area contributed by atoms with Gasteiger partial charge in [-0.2, -0.15) is 0 Å². The van der Waals surface area contributed by atoms with E-state index in [-0.39, 0.29) is 23.8 Å². The van der Waals surface area contributed by atoms with Gasteiger partial charge in [-0.15, -0.1) is 0 Å². The first-order chi connectivity index (χ1) is 8.78. The zero-order valence-corrected chi connectivity index (χ0v) is 12.1. The summed E-state index contributed by atoms with van der Waals surface area (Å²) >= 11 is 0. The third kappa shape index (κ3) is 6.75. The van der Waals surface area contributed by atoms with Crippen molar-refractivity contribution in [3.63, 3.8) is 0 Å². The molecule has 112 valence electrons. The van der Waals surface area contributed by atoms with Crippen LogP contribution in [0.1, 0.15) is 33.6 Å². The molecule has 0 aromatic carbocycles. The molecular weight excluding hydrogens is 246 g/mol. The molecule has 0 aromatic rings. The van der Waals surface area contributed by atoms with Crippen LogP contribution in [0.15, 0.2) is 0 Å². The second kappa shape index (κ2) is 7.07. The van der Waals surface area contributed by atoms with E-state index in [4.69, 9.17) is 5.11 Å². The van der Waals surface area contributed by atoms with Gasteiger partial charge >= 0.3 is 6.03 Å². The number of β-amino-alcohol motifs (C(OH)–C–C–N with tert-alkyl or cyclic N) is 2. The Hall–Kier alpha value is -0.850. The Labute approximate surface area is 115 Å². The first kappa shape index (κ1) is 16.2. The molecule has 0 bridgehead atoms. The molecule has 2 saturated heterocycles. The molecule has 2 heterocycles. The number of urea groups is 1. The van der Waals surface area contributed by atoms with Crippen LogP contribution < -0.4 is 10.6 Å². The van der Waals surface area contributed by atoms with E-state index in [1.165, 1.54) is 0 Å². The van der Waals surface area contributed by atoms with Gasteiger partial charge in [0.2, 0.25) is 0 Å². The third-order valence-corrected chi connectivity index (χ3v) is 2.97. The Kier molecular flexibility index (Phi) is 6.03. The molecule has 0 aliphatic carbocycles. The summed E-state index contributed by atoms with van der Waals surface area (Å²) in [5.74, 6) is 0. The van der Waals surface area contributed by atoms with E-state index in [0.29, 0.717) is 19.5 Å². The number of nitrogens with one attached hydrogen (secondary N) is 2. The van der Waals surface area contributed by atoms with Crippen LogP contribution in [0, 0.1) is 0 Å². The molecule has 2 aliphatic rings. The minimum absolute atomic E-state index is 0.0648. The average Bonchev–Trinajstić information content (AvgIpc) is 2.88. The summed E-state index contributed by atoms with van der Waals surface area (Å²) in [4.78, 5) is 13.2. The third-order valence-electron chi connectivity index (χ3n) is 2.97. The van der Waals surface area contributed by atoms with Gasteiger partial charge in [0.1, 0.15) is 0 Å². The largest absolute Gasteiger partial charge is 0.392 e. The van der Waals surface area contributed by atoms with Crippen LogP contribution >= 0.6 is 0 Å². The number of likely N-dealkylation sites (tertiary alicyclic amines) is 1. The molecule has 2 fully saturated rings. The second-order valence-corrected chi connectivity index (χ2v) is 6.22. The quantitative estimate of drug-likeness (QED) is 0.497. The van der Waals surface area contributed by atoms with E-state index < -0.39 is 0 Å². The SMILES string of the molecule is CC(C)(C)NC(=O)N1CC[C@H](O)C1.O[C@H]1CCNC1. The molecule has 2 aliphatic heterocycles. The highest BCUT2D eigenvalue weighted by atomic mass is 16.3. The van der Waals surface area contributed by atoms with E-state index in [9.17, 15) is 9.90 Å².